The second-order valence-electron chi connectivity index (χ2n) is 6.47. The first-order valence-electron chi connectivity index (χ1n) is 8.52. The molecule has 2 rings (SSSR count). The predicted octanol–water partition coefficient (Wildman–Crippen LogP) is 3.65. The molecule has 2 unspecified atom stereocenters. The third-order valence-corrected chi connectivity index (χ3v) is 4.69. The minimum atomic E-state index is -0.718. The number of aliphatic carboxylic acids is 1. The molecule has 0 aromatic carbocycles. The van der Waals surface area contributed by atoms with Gasteiger partial charge >= 0.3 is 5.97 Å². The summed E-state index contributed by atoms with van der Waals surface area (Å²) in [6, 6.07) is 3.97. The molecular weight excluding hydrogens is 276 g/mol. The third-order valence-electron chi connectivity index (χ3n) is 4.69. The summed E-state index contributed by atoms with van der Waals surface area (Å²) < 4.78 is 0. The summed E-state index contributed by atoms with van der Waals surface area (Å²) in [7, 11) is 0. The Hall–Kier alpha value is -1.42. The normalized spacial score (nSPS) is 23.2. The molecule has 1 saturated carbocycles. The van der Waals surface area contributed by atoms with Crippen LogP contribution in [0, 0.1) is 6.92 Å². The zero-order valence-corrected chi connectivity index (χ0v) is 13.7. The SMILES string of the molecule is CCCC[C@H](NC1CCCC(c2ncccc2C)C1)C(=O)O. The number of carboxylic acids is 1. The molecule has 0 amide bonds. The van der Waals surface area contributed by atoms with E-state index in [1.54, 1.807) is 0 Å². The molecule has 1 fully saturated rings. The molecule has 0 bridgehead atoms. The van der Waals surface area contributed by atoms with Crippen LogP contribution in [0.25, 0.3) is 0 Å². The molecule has 1 aliphatic rings. The van der Waals surface area contributed by atoms with Gasteiger partial charge in [-0.15, -0.1) is 0 Å². The Labute approximate surface area is 133 Å². The minimum Gasteiger partial charge on any atom is -0.480 e. The van der Waals surface area contributed by atoms with E-state index >= 15 is 0 Å². The highest BCUT2D eigenvalue weighted by Crippen LogP contribution is 2.33. The van der Waals surface area contributed by atoms with E-state index in [4.69, 9.17) is 0 Å². The molecule has 0 saturated heterocycles. The molecule has 1 heterocycles. The van der Waals surface area contributed by atoms with Gasteiger partial charge in [0.15, 0.2) is 0 Å². The molecule has 1 aromatic heterocycles. The Morgan fingerprint density at radius 2 is 2.32 bits per heavy atom. The van der Waals surface area contributed by atoms with Crippen molar-refractivity contribution < 1.29 is 9.90 Å². The maximum Gasteiger partial charge on any atom is 0.320 e. The highest BCUT2D eigenvalue weighted by molar-refractivity contribution is 5.73. The number of nitrogens with one attached hydrogen (secondary N) is 1. The van der Waals surface area contributed by atoms with E-state index in [0.29, 0.717) is 5.92 Å². The van der Waals surface area contributed by atoms with Crippen molar-refractivity contribution in [1.82, 2.24) is 10.3 Å². The number of pyridine rings is 1. The summed E-state index contributed by atoms with van der Waals surface area (Å²) in [6.45, 7) is 4.21. The molecule has 0 radical (unpaired) electrons. The van der Waals surface area contributed by atoms with Crippen molar-refractivity contribution >= 4 is 5.97 Å². The second-order valence-corrected chi connectivity index (χ2v) is 6.47. The lowest BCUT2D eigenvalue weighted by atomic mass is 9.82. The summed E-state index contributed by atoms with van der Waals surface area (Å²) in [4.78, 5) is 16.0. The molecule has 4 nitrogen and oxygen atoms in total. The number of hydrogen-bond donors (Lipinski definition) is 2. The number of aryl methyl sites for hydroxylation is 1. The zero-order chi connectivity index (χ0) is 15.9. The van der Waals surface area contributed by atoms with Crippen LogP contribution < -0.4 is 5.32 Å². The van der Waals surface area contributed by atoms with Crippen molar-refractivity contribution in [2.75, 3.05) is 0 Å². The average Bonchev–Trinajstić information content (AvgIpc) is 2.52. The van der Waals surface area contributed by atoms with Crippen LogP contribution in [-0.2, 0) is 4.79 Å². The molecule has 122 valence electrons. The van der Waals surface area contributed by atoms with Crippen molar-refractivity contribution in [3.8, 4) is 0 Å². The molecule has 1 aliphatic carbocycles. The van der Waals surface area contributed by atoms with Gasteiger partial charge in [-0.05, 0) is 44.2 Å². The Balaban J connectivity index is 1.98. The monoisotopic (exact) mass is 304 g/mol. The van der Waals surface area contributed by atoms with E-state index in [-0.39, 0.29) is 6.04 Å². The topological polar surface area (TPSA) is 62.2 Å². The maximum atomic E-state index is 11.4. The minimum absolute atomic E-state index is 0.290. The number of nitrogens with zero attached hydrogens (tertiary/aromatic N) is 1. The van der Waals surface area contributed by atoms with E-state index in [9.17, 15) is 9.90 Å². The van der Waals surface area contributed by atoms with Crippen LogP contribution in [0.15, 0.2) is 18.3 Å². The lowest BCUT2D eigenvalue weighted by Crippen LogP contribution is -2.45. The van der Waals surface area contributed by atoms with Crippen LogP contribution >= 0.6 is 0 Å². The summed E-state index contributed by atoms with van der Waals surface area (Å²) in [5.41, 5.74) is 2.43. The van der Waals surface area contributed by atoms with Crippen LogP contribution in [-0.4, -0.2) is 28.1 Å². The highest BCUT2D eigenvalue weighted by atomic mass is 16.4. The first kappa shape index (κ1) is 16.9. The van der Waals surface area contributed by atoms with Gasteiger partial charge in [0.2, 0.25) is 0 Å². The van der Waals surface area contributed by atoms with Gasteiger partial charge in [0.05, 0.1) is 0 Å². The fourth-order valence-electron chi connectivity index (χ4n) is 3.49. The summed E-state index contributed by atoms with van der Waals surface area (Å²) in [5.74, 6) is -0.266. The summed E-state index contributed by atoms with van der Waals surface area (Å²) in [5, 5.41) is 12.8. The number of carboxylic acid groups (broad SMARTS) is 1. The van der Waals surface area contributed by atoms with Crippen molar-refractivity contribution in [1.29, 1.82) is 0 Å². The number of hydrogen-bond acceptors (Lipinski definition) is 3. The zero-order valence-electron chi connectivity index (χ0n) is 13.7. The summed E-state index contributed by atoms with van der Waals surface area (Å²) in [6.07, 6.45) is 8.93. The molecule has 4 heteroatoms. The molecule has 2 N–H and O–H groups in total. The summed E-state index contributed by atoms with van der Waals surface area (Å²) >= 11 is 0. The lowest BCUT2D eigenvalue weighted by Gasteiger charge is -2.32. The Morgan fingerprint density at radius 3 is 3.00 bits per heavy atom. The lowest BCUT2D eigenvalue weighted by molar-refractivity contribution is -0.140. The quantitative estimate of drug-likeness (QED) is 0.807. The molecule has 0 spiro atoms. The van der Waals surface area contributed by atoms with Crippen LogP contribution in [0.1, 0.15) is 69.0 Å². The third kappa shape index (κ3) is 4.54. The Bertz CT molecular complexity index is 490. The first-order valence-corrected chi connectivity index (χ1v) is 8.52. The molecular formula is C18H28N2O2. The van der Waals surface area contributed by atoms with E-state index in [1.807, 2.05) is 12.3 Å². The first-order chi connectivity index (χ1) is 10.6. The van der Waals surface area contributed by atoms with E-state index in [0.717, 1.165) is 44.9 Å². The molecule has 0 aliphatic heterocycles. The Kier molecular flexibility index (Phi) is 6.37. The van der Waals surface area contributed by atoms with E-state index < -0.39 is 12.0 Å². The van der Waals surface area contributed by atoms with E-state index in [2.05, 4.69) is 30.2 Å². The highest BCUT2D eigenvalue weighted by Gasteiger charge is 2.28. The van der Waals surface area contributed by atoms with Crippen molar-refractivity contribution in [3.05, 3.63) is 29.6 Å². The van der Waals surface area contributed by atoms with Crippen LogP contribution in [0.5, 0.6) is 0 Å². The molecule has 22 heavy (non-hydrogen) atoms. The standard InChI is InChI=1S/C18H28N2O2/c1-3-4-10-16(18(21)22)20-15-9-5-8-14(12-15)17-13(2)7-6-11-19-17/h6-7,11,14-16,20H,3-5,8-10,12H2,1-2H3,(H,21,22)/t14?,15?,16-/m0/s1. The second kappa shape index (κ2) is 8.28. The van der Waals surface area contributed by atoms with Gasteiger partial charge in [0.1, 0.15) is 6.04 Å². The predicted molar refractivity (Wildman–Crippen MR) is 88.1 cm³/mol. The average molecular weight is 304 g/mol. The van der Waals surface area contributed by atoms with Crippen LogP contribution in [0.2, 0.25) is 0 Å². The van der Waals surface area contributed by atoms with Gasteiger partial charge in [0, 0.05) is 23.9 Å². The fourth-order valence-corrected chi connectivity index (χ4v) is 3.49. The van der Waals surface area contributed by atoms with Crippen LogP contribution in [0.3, 0.4) is 0 Å². The molecule has 3 atom stereocenters. The smallest absolute Gasteiger partial charge is 0.320 e. The van der Waals surface area contributed by atoms with Crippen molar-refractivity contribution in [2.24, 2.45) is 0 Å². The number of aromatic nitrogens is 1. The van der Waals surface area contributed by atoms with Gasteiger partial charge in [-0.2, -0.15) is 0 Å². The number of rotatable bonds is 7. The molecule has 1 aromatic rings. The number of carbonyl (C=O) groups is 1. The van der Waals surface area contributed by atoms with Crippen molar-refractivity contribution in [2.45, 2.75) is 76.8 Å². The number of unbranched alkanes of at least 4 members (excludes halogenated alkanes) is 1. The van der Waals surface area contributed by atoms with Crippen molar-refractivity contribution in [3.63, 3.8) is 0 Å². The fraction of sp³-hybridized carbons (Fsp3) is 0.667. The van der Waals surface area contributed by atoms with E-state index in [1.165, 1.54) is 11.3 Å². The van der Waals surface area contributed by atoms with Gasteiger partial charge in [-0.3, -0.25) is 9.78 Å². The van der Waals surface area contributed by atoms with Gasteiger partial charge in [-0.1, -0.05) is 32.3 Å². The largest absolute Gasteiger partial charge is 0.480 e. The van der Waals surface area contributed by atoms with Crippen LogP contribution in [0.4, 0.5) is 0 Å². The van der Waals surface area contributed by atoms with Gasteiger partial charge < -0.3 is 10.4 Å². The Morgan fingerprint density at radius 1 is 1.50 bits per heavy atom. The van der Waals surface area contributed by atoms with Gasteiger partial charge in [0.25, 0.3) is 0 Å². The van der Waals surface area contributed by atoms with Gasteiger partial charge in [-0.25, -0.2) is 0 Å². The maximum absolute atomic E-state index is 11.4.